The van der Waals surface area contributed by atoms with Crippen LogP contribution in [0, 0.1) is 0 Å². The molecule has 0 aliphatic rings. The van der Waals surface area contributed by atoms with Gasteiger partial charge in [0.25, 0.3) is 0 Å². The Morgan fingerprint density at radius 2 is 0.750 bits per heavy atom. The molecule has 0 atom stereocenters. The van der Waals surface area contributed by atoms with Gasteiger partial charge in [0.15, 0.2) is 0 Å². The molecule has 0 bridgehead atoms. The third-order valence-corrected chi connectivity index (χ3v) is 5.95. The van der Waals surface area contributed by atoms with E-state index in [9.17, 15) is 0 Å². The number of hydrogen-bond donors (Lipinski definition) is 2. The third kappa shape index (κ3) is 1.82. The maximum atomic E-state index is 6.59. The summed E-state index contributed by atoms with van der Waals surface area (Å²) in [6.07, 6.45) is 0. The summed E-state index contributed by atoms with van der Waals surface area (Å²) >= 11 is 0. The van der Waals surface area contributed by atoms with Gasteiger partial charge in [0.05, 0.1) is 11.4 Å². The number of hydrogen-bond acceptors (Lipinski definition) is 2. The summed E-state index contributed by atoms with van der Waals surface area (Å²) in [5, 5.41) is 12.0. The SMILES string of the molecule is Nc1ccc2c3ccccc3c3c4ccccc4c4ccccc4c3c2c1N. The average molecular weight is 358 g/mol. The number of benzene rings is 6. The first kappa shape index (κ1) is 15.3. The van der Waals surface area contributed by atoms with Crippen LogP contribution in [0.3, 0.4) is 0 Å². The molecule has 28 heavy (non-hydrogen) atoms. The van der Waals surface area contributed by atoms with Crippen LogP contribution in [0.15, 0.2) is 84.9 Å². The van der Waals surface area contributed by atoms with Gasteiger partial charge in [0.1, 0.15) is 0 Å². The Bertz CT molecular complexity index is 1560. The Morgan fingerprint density at radius 3 is 1.29 bits per heavy atom. The number of rotatable bonds is 0. The Kier molecular flexibility index (Phi) is 2.93. The van der Waals surface area contributed by atoms with Gasteiger partial charge in [-0.2, -0.15) is 0 Å². The number of anilines is 2. The molecule has 0 radical (unpaired) electrons. The highest BCUT2D eigenvalue weighted by molar-refractivity contribution is 6.41. The maximum Gasteiger partial charge on any atom is 0.0634 e. The van der Waals surface area contributed by atoms with Crippen molar-refractivity contribution < 1.29 is 0 Å². The lowest BCUT2D eigenvalue weighted by Crippen LogP contribution is -1.97. The molecule has 2 heteroatoms. The predicted molar refractivity (Wildman–Crippen MR) is 123 cm³/mol. The highest BCUT2D eigenvalue weighted by Gasteiger charge is 2.17. The Hall–Kier alpha value is -3.78. The van der Waals surface area contributed by atoms with Gasteiger partial charge in [-0.1, -0.05) is 78.9 Å². The number of nitrogen functional groups attached to an aromatic ring is 2. The maximum absolute atomic E-state index is 6.59. The highest BCUT2D eigenvalue weighted by Crippen LogP contribution is 2.46. The van der Waals surface area contributed by atoms with E-state index in [4.69, 9.17) is 11.5 Å². The van der Waals surface area contributed by atoms with Crippen molar-refractivity contribution in [2.45, 2.75) is 0 Å². The second-order valence-electron chi connectivity index (χ2n) is 7.38. The highest BCUT2D eigenvalue weighted by atomic mass is 14.7. The van der Waals surface area contributed by atoms with Gasteiger partial charge in [0.2, 0.25) is 0 Å². The largest absolute Gasteiger partial charge is 0.397 e. The van der Waals surface area contributed by atoms with Crippen molar-refractivity contribution >= 4 is 65.2 Å². The van der Waals surface area contributed by atoms with Gasteiger partial charge in [0, 0.05) is 10.8 Å². The van der Waals surface area contributed by atoms with Crippen LogP contribution in [0.5, 0.6) is 0 Å². The molecule has 4 N–H and O–H groups in total. The van der Waals surface area contributed by atoms with Crippen molar-refractivity contribution in [3.63, 3.8) is 0 Å². The van der Waals surface area contributed by atoms with Gasteiger partial charge in [-0.15, -0.1) is 0 Å². The van der Waals surface area contributed by atoms with Crippen molar-refractivity contribution in [2.24, 2.45) is 0 Å². The van der Waals surface area contributed by atoms with E-state index in [1.54, 1.807) is 0 Å². The van der Waals surface area contributed by atoms with Crippen molar-refractivity contribution in [3.8, 4) is 0 Å². The lowest BCUT2D eigenvalue weighted by molar-refractivity contribution is 1.74. The molecule has 0 fully saturated rings. The minimum atomic E-state index is 0.626. The molecular weight excluding hydrogens is 340 g/mol. The molecule has 0 unspecified atom stereocenters. The van der Waals surface area contributed by atoms with E-state index in [1.165, 1.54) is 43.1 Å². The zero-order valence-electron chi connectivity index (χ0n) is 15.2. The van der Waals surface area contributed by atoms with E-state index in [2.05, 4.69) is 78.9 Å². The van der Waals surface area contributed by atoms with Gasteiger partial charge < -0.3 is 11.5 Å². The molecule has 0 aliphatic carbocycles. The fourth-order valence-electron chi connectivity index (χ4n) is 4.75. The molecular formula is C26H18N2. The first-order valence-electron chi connectivity index (χ1n) is 9.47. The summed E-state index contributed by atoms with van der Waals surface area (Å²) < 4.78 is 0. The standard InChI is InChI=1S/C26H18N2/c27-22-14-13-21-17-9-3-5-11-19(17)23-18-10-4-1-7-15(18)16-8-2-6-12-20(16)24(23)25(21)26(22)28/h1-14H,27-28H2. The average Bonchev–Trinajstić information content (AvgIpc) is 2.75. The smallest absolute Gasteiger partial charge is 0.0634 e. The molecule has 0 amide bonds. The summed E-state index contributed by atoms with van der Waals surface area (Å²) in [6, 6.07) is 29.8. The lowest BCUT2D eigenvalue weighted by atomic mass is 9.86. The summed E-state index contributed by atoms with van der Waals surface area (Å²) in [5.74, 6) is 0. The molecule has 6 aromatic rings. The molecule has 0 aromatic heterocycles. The summed E-state index contributed by atoms with van der Waals surface area (Å²) in [4.78, 5) is 0. The second kappa shape index (κ2) is 5.37. The zero-order valence-corrected chi connectivity index (χ0v) is 15.2. The van der Waals surface area contributed by atoms with Crippen LogP contribution in [0.4, 0.5) is 11.4 Å². The van der Waals surface area contributed by atoms with Crippen molar-refractivity contribution in [3.05, 3.63) is 84.9 Å². The van der Waals surface area contributed by atoms with E-state index in [0.717, 1.165) is 10.8 Å². The van der Waals surface area contributed by atoms with Crippen molar-refractivity contribution in [1.29, 1.82) is 0 Å². The van der Waals surface area contributed by atoms with Crippen LogP contribution in [0.25, 0.3) is 53.9 Å². The lowest BCUT2D eigenvalue weighted by Gasteiger charge is -2.18. The third-order valence-electron chi connectivity index (χ3n) is 5.95. The van der Waals surface area contributed by atoms with E-state index in [-0.39, 0.29) is 0 Å². The van der Waals surface area contributed by atoms with Crippen LogP contribution in [-0.2, 0) is 0 Å². The van der Waals surface area contributed by atoms with E-state index >= 15 is 0 Å². The summed E-state index contributed by atoms with van der Waals surface area (Å²) in [6.45, 7) is 0. The Morgan fingerprint density at radius 1 is 0.357 bits per heavy atom. The van der Waals surface area contributed by atoms with Gasteiger partial charge >= 0.3 is 0 Å². The van der Waals surface area contributed by atoms with Crippen LogP contribution >= 0.6 is 0 Å². The van der Waals surface area contributed by atoms with Crippen LogP contribution in [0.1, 0.15) is 0 Å². The first-order chi connectivity index (χ1) is 13.8. The molecule has 132 valence electrons. The second-order valence-corrected chi connectivity index (χ2v) is 7.38. The molecule has 6 aromatic carbocycles. The van der Waals surface area contributed by atoms with Gasteiger partial charge in [-0.25, -0.2) is 0 Å². The fraction of sp³-hybridized carbons (Fsp3) is 0. The quantitative estimate of drug-likeness (QED) is 0.237. The molecule has 0 spiro atoms. The summed E-state index contributed by atoms with van der Waals surface area (Å²) in [7, 11) is 0. The number of nitrogens with two attached hydrogens (primary N) is 2. The molecule has 0 saturated carbocycles. The molecule has 0 heterocycles. The zero-order chi connectivity index (χ0) is 18.8. The van der Waals surface area contributed by atoms with Crippen molar-refractivity contribution in [2.75, 3.05) is 11.5 Å². The van der Waals surface area contributed by atoms with Crippen LogP contribution in [-0.4, -0.2) is 0 Å². The summed E-state index contributed by atoms with van der Waals surface area (Å²) in [5.41, 5.74) is 14.1. The first-order valence-corrected chi connectivity index (χ1v) is 9.47. The topological polar surface area (TPSA) is 52.0 Å². The van der Waals surface area contributed by atoms with E-state index in [0.29, 0.717) is 11.4 Å². The predicted octanol–water partition coefficient (Wildman–Crippen LogP) is 6.62. The normalized spacial score (nSPS) is 11.9. The molecule has 0 aliphatic heterocycles. The monoisotopic (exact) mass is 358 g/mol. The molecule has 6 rings (SSSR count). The molecule has 0 saturated heterocycles. The van der Waals surface area contributed by atoms with E-state index in [1.807, 2.05) is 6.07 Å². The van der Waals surface area contributed by atoms with E-state index < -0.39 is 0 Å². The Balaban J connectivity index is 2.15. The minimum absolute atomic E-state index is 0.626. The van der Waals surface area contributed by atoms with Gasteiger partial charge in [-0.05, 0) is 49.2 Å². The van der Waals surface area contributed by atoms with Crippen LogP contribution < -0.4 is 11.5 Å². The minimum Gasteiger partial charge on any atom is -0.397 e. The van der Waals surface area contributed by atoms with Gasteiger partial charge in [-0.3, -0.25) is 0 Å². The Labute approximate surface area is 162 Å². The molecule has 2 nitrogen and oxygen atoms in total. The number of fused-ring (bicyclic) bond motifs is 11. The van der Waals surface area contributed by atoms with Crippen LogP contribution in [0.2, 0.25) is 0 Å². The van der Waals surface area contributed by atoms with Crippen molar-refractivity contribution in [1.82, 2.24) is 0 Å². The fourth-order valence-corrected chi connectivity index (χ4v) is 4.75.